The van der Waals surface area contributed by atoms with Crippen molar-refractivity contribution in [2.24, 2.45) is 11.8 Å². The van der Waals surface area contributed by atoms with E-state index in [1.165, 1.54) is 0 Å². The van der Waals surface area contributed by atoms with E-state index in [0.29, 0.717) is 31.6 Å². The van der Waals surface area contributed by atoms with E-state index in [9.17, 15) is 13.2 Å². The number of benzene rings is 1. The number of nitrogens with one attached hydrogen (secondary N) is 1. The molecule has 26 heavy (non-hydrogen) atoms. The Morgan fingerprint density at radius 2 is 2.12 bits per heavy atom. The van der Waals surface area contributed by atoms with Gasteiger partial charge in [-0.2, -0.15) is 4.31 Å². The summed E-state index contributed by atoms with van der Waals surface area (Å²) in [5, 5.41) is 3.03. The highest BCUT2D eigenvalue weighted by molar-refractivity contribution is 7.89. The third-order valence-corrected chi connectivity index (χ3v) is 8.13. The summed E-state index contributed by atoms with van der Waals surface area (Å²) in [7, 11) is -3.21. The number of carbonyl (C=O) groups excluding carboxylic acids is 1. The Balaban J connectivity index is 1.45. The van der Waals surface area contributed by atoms with Gasteiger partial charge in [-0.1, -0.05) is 25.1 Å². The number of ether oxygens (including phenoxy) is 1. The minimum atomic E-state index is -3.21. The van der Waals surface area contributed by atoms with Crippen molar-refractivity contribution < 1.29 is 17.9 Å². The number of nitrogens with zero attached hydrogens (tertiary/aromatic N) is 1. The monoisotopic (exact) mass is 378 g/mol. The van der Waals surface area contributed by atoms with Gasteiger partial charge in [-0.3, -0.25) is 4.79 Å². The van der Waals surface area contributed by atoms with E-state index in [1.54, 1.807) is 16.4 Å². The topological polar surface area (TPSA) is 75.7 Å². The smallest absolute Gasteiger partial charge is 0.251 e. The summed E-state index contributed by atoms with van der Waals surface area (Å²) in [6.07, 6.45) is 2.62. The Kier molecular flexibility index (Phi) is 4.57. The van der Waals surface area contributed by atoms with Crippen LogP contribution in [0.3, 0.4) is 0 Å². The van der Waals surface area contributed by atoms with Crippen molar-refractivity contribution in [1.82, 2.24) is 9.62 Å². The summed E-state index contributed by atoms with van der Waals surface area (Å²) in [6, 6.07) is 9.16. The minimum Gasteiger partial charge on any atom is -0.370 e. The highest BCUT2D eigenvalue weighted by Gasteiger charge is 2.64. The molecule has 142 valence electrons. The van der Waals surface area contributed by atoms with Gasteiger partial charge in [0.25, 0.3) is 5.91 Å². The zero-order chi connectivity index (χ0) is 18.4. The fourth-order valence-corrected chi connectivity index (χ4v) is 6.50. The van der Waals surface area contributed by atoms with Crippen LogP contribution in [0.2, 0.25) is 0 Å². The maximum atomic E-state index is 12.5. The molecule has 3 fully saturated rings. The average Bonchev–Trinajstić information content (AvgIpc) is 3.29. The Morgan fingerprint density at radius 3 is 2.85 bits per heavy atom. The summed E-state index contributed by atoms with van der Waals surface area (Å²) >= 11 is 0. The van der Waals surface area contributed by atoms with Crippen molar-refractivity contribution in [2.45, 2.75) is 37.9 Å². The molecule has 0 aliphatic carbocycles. The van der Waals surface area contributed by atoms with Gasteiger partial charge >= 0.3 is 0 Å². The van der Waals surface area contributed by atoms with E-state index in [1.807, 2.05) is 25.1 Å². The molecule has 1 aromatic rings. The number of fused-ring (bicyclic) bond motifs is 1. The molecule has 3 aliphatic rings. The van der Waals surface area contributed by atoms with E-state index in [4.69, 9.17) is 4.74 Å². The summed E-state index contributed by atoms with van der Waals surface area (Å²) in [5.41, 5.74) is 0.304. The van der Waals surface area contributed by atoms with Crippen LogP contribution in [0.15, 0.2) is 30.3 Å². The number of sulfonamides is 1. The van der Waals surface area contributed by atoms with E-state index in [2.05, 4.69) is 5.32 Å². The fourth-order valence-electron chi connectivity index (χ4n) is 4.92. The van der Waals surface area contributed by atoms with Gasteiger partial charge in [-0.05, 0) is 31.4 Å². The van der Waals surface area contributed by atoms with Crippen LogP contribution in [0.4, 0.5) is 0 Å². The van der Waals surface area contributed by atoms with Crippen molar-refractivity contribution in [3.8, 4) is 0 Å². The predicted molar refractivity (Wildman–Crippen MR) is 98.2 cm³/mol. The lowest BCUT2D eigenvalue weighted by atomic mass is 9.73. The molecule has 3 heterocycles. The molecule has 0 aromatic heterocycles. The number of hydrogen-bond donors (Lipinski definition) is 1. The van der Waals surface area contributed by atoms with Crippen LogP contribution in [-0.2, 0) is 14.8 Å². The lowest BCUT2D eigenvalue weighted by Crippen LogP contribution is -2.41. The number of carbonyl (C=O) groups is 1. The average molecular weight is 378 g/mol. The molecule has 3 aliphatic heterocycles. The van der Waals surface area contributed by atoms with Gasteiger partial charge in [0, 0.05) is 37.0 Å². The van der Waals surface area contributed by atoms with Crippen LogP contribution < -0.4 is 5.32 Å². The largest absolute Gasteiger partial charge is 0.370 e. The maximum Gasteiger partial charge on any atom is 0.251 e. The van der Waals surface area contributed by atoms with Crippen molar-refractivity contribution in [3.63, 3.8) is 0 Å². The lowest BCUT2D eigenvalue weighted by Gasteiger charge is -2.29. The van der Waals surface area contributed by atoms with E-state index in [-0.39, 0.29) is 35.2 Å². The van der Waals surface area contributed by atoms with E-state index < -0.39 is 10.0 Å². The van der Waals surface area contributed by atoms with Gasteiger partial charge in [0.15, 0.2) is 0 Å². The molecule has 0 saturated carbocycles. The predicted octanol–water partition coefficient (Wildman–Crippen LogP) is 1.64. The van der Waals surface area contributed by atoms with Crippen molar-refractivity contribution >= 4 is 15.9 Å². The number of amides is 1. The first-order valence-electron chi connectivity index (χ1n) is 9.44. The molecule has 4 rings (SSSR count). The lowest BCUT2D eigenvalue weighted by molar-refractivity contribution is 0.00797. The van der Waals surface area contributed by atoms with Crippen LogP contribution in [-0.4, -0.2) is 55.7 Å². The first-order valence-corrected chi connectivity index (χ1v) is 11.0. The zero-order valence-corrected chi connectivity index (χ0v) is 15.9. The molecular formula is C19H26N2O4S. The Hall–Kier alpha value is -1.44. The second-order valence-electron chi connectivity index (χ2n) is 7.71. The van der Waals surface area contributed by atoms with Crippen molar-refractivity contribution in [1.29, 1.82) is 0 Å². The summed E-state index contributed by atoms with van der Waals surface area (Å²) in [4.78, 5) is 12.3. The summed E-state index contributed by atoms with van der Waals surface area (Å²) in [5.74, 6) is 0.451. The molecule has 1 N–H and O–H groups in total. The van der Waals surface area contributed by atoms with E-state index in [0.717, 1.165) is 12.8 Å². The number of rotatable bonds is 6. The molecular weight excluding hydrogens is 352 g/mol. The molecule has 7 heteroatoms. The van der Waals surface area contributed by atoms with Gasteiger partial charge in [-0.15, -0.1) is 0 Å². The quantitative estimate of drug-likeness (QED) is 0.816. The van der Waals surface area contributed by atoms with Gasteiger partial charge in [0.1, 0.15) is 0 Å². The molecule has 0 radical (unpaired) electrons. The SMILES string of the molecule is CCCS(=O)(=O)N1C[C@@H]2[C@H](CNC(=O)c3ccccc3)[C@H]3CC[C@]2(C1)O3. The van der Waals surface area contributed by atoms with Crippen LogP contribution in [0.5, 0.6) is 0 Å². The molecule has 1 amide bonds. The van der Waals surface area contributed by atoms with Gasteiger partial charge in [-0.25, -0.2) is 8.42 Å². The first kappa shape index (κ1) is 17.9. The van der Waals surface area contributed by atoms with Crippen molar-refractivity contribution in [2.75, 3.05) is 25.4 Å². The van der Waals surface area contributed by atoms with Crippen molar-refractivity contribution in [3.05, 3.63) is 35.9 Å². The summed E-state index contributed by atoms with van der Waals surface area (Å²) in [6.45, 7) is 3.41. The molecule has 1 spiro atoms. The number of hydrogen-bond acceptors (Lipinski definition) is 4. The molecule has 0 unspecified atom stereocenters. The molecule has 6 nitrogen and oxygen atoms in total. The summed E-state index contributed by atoms with van der Waals surface area (Å²) < 4.78 is 32.9. The van der Waals surface area contributed by atoms with Crippen LogP contribution >= 0.6 is 0 Å². The first-order chi connectivity index (χ1) is 12.5. The fraction of sp³-hybridized carbons (Fsp3) is 0.632. The highest BCUT2D eigenvalue weighted by atomic mass is 32.2. The van der Waals surface area contributed by atoms with Gasteiger partial charge in [0.05, 0.1) is 17.5 Å². The third kappa shape index (κ3) is 2.96. The third-order valence-electron chi connectivity index (χ3n) is 6.14. The van der Waals surface area contributed by atoms with E-state index >= 15 is 0 Å². The molecule has 3 saturated heterocycles. The Morgan fingerprint density at radius 1 is 1.35 bits per heavy atom. The van der Waals surface area contributed by atoms with Gasteiger partial charge < -0.3 is 10.1 Å². The minimum absolute atomic E-state index is 0.0871. The second kappa shape index (κ2) is 6.62. The Labute approximate surface area is 155 Å². The van der Waals surface area contributed by atoms with Crippen LogP contribution in [0.25, 0.3) is 0 Å². The highest BCUT2D eigenvalue weighted by Crippen LogP contribution is 2.55. The van der Waals surface area contributed by atoms with Crippen LogP contribution in [0, 0.1) is 11.8 Å². The van der Waals surface area contributed by atoms with Crippen LogP contribution in [0.1, 0.15) is 36.5 Å². The standard InChI is InChI=1S/C19H26N2O4S/c1-2-10-26(23,24)21-12-16-15(17-8-9-19(16,13-21)25-17)11-20-18(22)14-6-4-3-5-7-14/h3-7,15-17H,2,8-13H2,1H3,(H,20,22)/t15-,16+,17+,19+/m0/s1. The Bertz CT molecular complexity index is 782. The maximum absolute atomic E-state index is 12.5. The second-order valence-corrected chi connectivity index (χ2v) is 9.80. The zero-order valence-electron chi connectivity index (χ0n) is 15.1. The normalized spacial score (nSPS) is 33.3. The molecule has 1 aromatic carbocycles. The van der Waals surface area contributed by atoms with Gasteiger partial charge in [0.2, 0.25) is 10.0 Å². The molecule has 2 bridgehead atoms. The molecule has 4 atom stereocenters.